The third-order valence-corrected chi connectivity index (χ3v) is 13.6. The molecule has 0 spiro atoms. The molecule has 11 aromatic rings. The predicted octanol–water partition coefficient (Wildman–Crippen LogP) is 17.2. The van der Waals surface area contributed by atoms with Gasteiger partial charge in [-0.2, -0.15) is 0 Å². The lowest BCUT2D eigenvalue weighted by molar-refractivity contribution is 0.660. The first-order chi connectivity index (χ1) is 32.0. The Balaban J connectivity index is 0.840. The molecule has 2 heteroatoms. The maximum atomic E-state index is 2.41. The van der Waals surface area contributed by atoms with Crippen molar-refractivity contribution in [2.24, 2.45) is 0 Å². The van der Waals surface area contributed by atoms with Crippen LogP contribution in [0.15, 0.2) is 243 Å². The highest BCUT2D eigenvalue weighted by molar-refractivity contribution is 6.10. The molecule has 1 aliphatic carbocycles. The van der Waals surface area contributed by atoms with E-state index in [4.69, 9.17) is 0 Å². The Labute approximate surface area is 381 Å². The van der Waals surface area contributed by atoms with Crippen LogP contribution in [0.5, 0.6) is 0 Å². The number of para-hydroxylation sites is 2. The van der Waals surface area contributed by atoms with Gasteiger partial charge >= 0.3 is 0 Å². The summed E-state index contributed by atoms with van der Waals surface area (Å²) in [5.74, 6) is 0. The number of nitrogens with zero attached hydrogens (tertiary/aromatic N) is 2. The van der Waals surface area contributed by atoms with Crippen molar-refractivity contribution < 1.29 is 0 Å². The van der Waals surface area contributed by atoms with E-state index in [1.807, 2.05) is 0 Å². The molecule has 0 bridgehead atoms. The maximum Gasteiger partial charge on any atom is 0.0541 e. The van der Waals surface area contributed by atoms with E-state index in [0.29, 0.717) is 0 Å². The fourth-order valence-electron chi connectivity index (χ4n) is 10.2. The van der Waals surface area contributed by atoms with Gasteiger partial charge in [0.15, 0.2) is 0 Å². The maximum absolute atomic E-state index is 2.41. The lowest BCUT2D eigenvalue weighted by atomic mass is 9.81. The fraction of sp³-hybridized carbons (Fsp3) is 0.0476. The molecule has 0 fully saturated rings. The molecule has 0 unspecified atom stereocenters. The van der Waals surface area contributed by atoms with Crippen LogP contribution in [-0.4, -0.2) is 4.57 Å². The smallest absolute Gasteiger partial charge is 0.0541 e. The van der Waals surface area contributed by atoms with Gasteiger partial charge in [-0.3, -0.25) is 0 Å². The Hall–Kier alpha value is -8.20. The van der Waals surface area contributed by atoms with Crippen molar-refractivity contribution in [3.8, 4) is 61.3 Å². The summed E-state index contributed by atoms with van der Waals surface area (Å²) < 4.78 is 2.41. The zero-order valence-electron chi connectivity index (χ0n) is 36.5. The summed E-state index contributed by atoms with van der Waals surface area (Å²) in [6.07, 6.45) is 0. The van der Waals surface area contributed by atoms with Crippen LogP contribution < -0.4 is 4.90 Å². The molecule has 1 heterocycles. The van der Waals surface area contributed by atoms with Crippen LogP contribution in [0.3, 0.4) is 0 Å². The summed E-state index contributed by atoms with van der Waals surface area (Å²) in [6, 6.07) is 88.6. The first kappa shape index (κ1) is 38.5. The van der Waals surface area contributed by atoms with E-state index in [0.717, 1.165) is 22.7 Å². The zero-order chi connectivity index (χ0) is 43.5. The van der Waals surface area contributed by atoms with Crippen LogP contribution in [0.2, 0.25) is 0 Å². The predicted molar refractivity (Wildman–Crippen MR) is 275 cm³/mol. The Bertz CT molecular complexity index is 3510. The molecule has 0 saturated heterocycles. The minimum atomic E-state index is -0.0283. The molecule has 0 N–H and O–H groups in total. The Morgan fingerprint density at radius 2 is 0.738 bits per heavy atom. The van der Waals surface area contributed by atoms with E-state index in [9.17, 15) is 0 Å². The molecule has 12 rings (SSSR count). The van der Waals surface area contributed by atoms with Gasteiger partial charge in [0.05, 0.1) is 11.0 Å². The van der Waals surface area contributed by atoms with Gasteiger partial charge < -0.3 is 9.47 Å². The van der Waals surface area contributed by atoms with Gasteiger partial charge in [-0.1, -0.05) is 184 Å². The van der Waals surface area contributed by atoms with Gasteiger partial charge in [0.2, 0.25) is 0 Å². The zero-order valence-corrected chi connectivity index (χ0v) is 36.5. The Morgan fingerprint density at radius 3 is 1.40 bits per heavy atom. The molecule has 1 aliphatic rings. The average molecular weight is 831 g/mol. The third kappa shape index (κ3) is 6.65. The van der Waals surface area contributed by atoms with Gasteiger partial charge in [-0.25, -0.2) is 0 Å². The molecule has 308 valence electrons. The summed E-state index contributed by atoms with van der Waals surface area (Å²) in [6.45, 7) is 4.70. The van der Waals surface area contributed by atoms with E-state index in [2.05, 4.69) is 266 Å². The first-order valence-corrected chi connectivity index (χ1v) is 22.6. The lowest BCUT2D eigenvalue weighted by Gasteiger charge is -2.26. The summed E-state index contributed by atoms with van der Waals surface area (Å²) in [5, 5.41) is 2.49. The SMILES string of the molecule is CC1(C)c2ccccc2-c2ccc(-c3ccc(-n4c5ccccc5c5cc(-c6ccc(N(c7ccccc7)c7ccc(-c8ccc(-c9ccccc9)cc8)cc7)cc6)ccc54)cc3)cc21. The van der Waals surface area contributed by atoms with Gasteiger partial charge in [-0.15, -0.1) is 0 Å². The largest absolute Gasteiger partial charge is 0.311 e. The molecule has 2 nitrogen and oxygen atoms in total. The van der Waals surface area contributed by atoms with Crippen LogP contribution in [0.4, 0.5) is 17.1 Å². The van der Waals surface area contributed by atoms with Crippen LogP contribution in [0, 0.1) is 0 Å². The van der Waals surface area contributed by atoms with E-state index in [1.54, 1.807) is 0 Å². The molecule has 65 heavy (non-hydrogen) atoms. The number of anilines is 3. The Morgan fingerprint density at radius 1 is 0.308 bits per heavy atom. The lowest BCUT2D eigenvalue weighted by Crippen LogP contribution is -2.14. The topological polar surface area (TPSA) is 8.17 Å². The van der Waals surface area contributed by atoms with Crippen molar-refractivity contribution in [2.45, 2.75) is 19.3 Å². The summed E-state index contributed by atoms with van der Waals surface area (Å²) >= 11 is 0. The second-order valence-corrected chi connectivity index (χ2v) is 17.8. The van der Waals surface area contributed by atoms with Crippen LogP contribution in [0.25, 0.3) is 83.1 Å². The van der Waals surface area contributed by atoms with Crippen molar-refractivity contribution in [3.63, 3.8) is 0 Å². The van der Waals surface area contributed by atoms with Gasteiger partial charge in [0.1, 0.15) is 0 Å². The highest BCUT2D eigenvalue weighted by atomic mass is 15.1. The molecule has 0 amide bonds. The highest BCUT2D eigenvalue weighted by Gasteiger charge is 2.35. The molecule has 0 radical (unpaired) electrons. The van der Waals surface area contributed by atoms with Crippen molar-refractivity contribution in [3.05, 3.63) is 254 Å². The summed E-state index contributed by atoms with van der Waals surface area (Å²) in [4.78, 5) is 2.33. The highest BCUT2D eigenvalue weighted by Crippen LogP contribution is 2.49. The van der Waals surface area contributed by atoms with Crippen molar-refractivity contribution in [1.29, 1.82) is 0 Å². The third-order valence-electron chi connectivity index (χ3n) is 13.6. The van der Waals surface area contributed by atoms with Crippen molar-refractivity contribution in [2.75, 3.05) is 4.90 Å². The molecular formula is C63H46N2. The van der Waals surface area contributed by atoms with Gasteiger partial charge in [0.25, 0.3) is 0 Å². The van der Waals surface area contributed by atoms with E-state index in [-0.39, 0.29) is 5.41 Å². The second kappa shape index (κ2) is 15.6. The van der Waals surface area contributed by atoms with Gasteiger partial charge in [-0.05, 0) is 140 Å². The van der Waals surface area contributed by atoms with Crippen LogP contribution >= 0.6 is 0 Å². The normalized spacial score (nSPS) is 12.6. The Kier molecular flexibility index (Phi) is 9.21. The van der Waals surface area contributed by atoms with E-state index < -0.39 is 0 Å². The number of fused-ring (bicyclic) bond motifs is 6. The standard InChI is InChI=1S/C63H46N2/c1-63(2)59-19-11-9-17-55(59)56-39-31-50(42-60(56)63)48-29-37-54(38-30-48)65-61-20-12-10-18-57(61)58-41-49(32-40-62(58)65)47-27-35-53(36-28-47)64(51-15-7-4-8-16-51)52-33-25-46(26-34-52)45-23-21-44(22-24-45)43-13-5-3-6-14-43/h3-42H,1-2H3. The molecule has 1 aromatic heterocycles. The van der Waals surface area contributed by atoms with Crippen molar-refractivity contribution in [1.82, 2.24) is 4.57 Å². The molecular weight excluding hydrogens is 785 g/mol. The molecule has 0 aliphatic heterocycles. The van der Waals surface area contributed by atoms with Crippen LogP contribution in [0.1, 0.15) is 25.0 Å². The summed E-state index contributed by atoms with van der Waals surface area (Å²) in [7, 11) is 0. The van der Waals surface area contributed by atoms with E-state index in [1.165, 1.54) is 88.6 Å². The number of aromatic nitrogens is 1. The van der Waals surface area contributed by atoms with E-state index >= 15 is 0 Å². The van der Waals surface area contributed by atoms with Crippen LogP contribution in [-0.2, 0) is 5.41 Å². The number of hydrogen-bond donors (Lipinski definition) is 0. The minimum Gasteiger partial charge on any atom is -0.311 e. The molecule has 0 saturated carbocycles. The number of hydrogen-bond acceptors (Lipinski definition) is 1. The second-order valence-electron chi connectivity index (χ2n) is 17.8. The van der Waals surface area contributed by atoms with Crippen molar-refractivity contribution >= 4 is 38.9 Å². The minimum absolute atomic E-state index is 0.0283. The average Bonchev–Trinajstić information content (AvgIpc) is 3.82. The molecule has 10 aromatic carbocycles. The quantitative estimate of drug-likeness (QED) is 0.148. The number of rotatable bonds is 8. The summed E-state index contributed by atoms with van der Waals surface area (Å²) in [5.41, 5.74) is 22.1. The molecule has 0 atom stereocenters. The van der Waals surface area contributed by atoms with Gasteiger partial charge in [0, 0.05) is 38.9 Å². The number of benzene rings is 10. The first-order valence-electron chi connectivity index (χ1n) is 22.6. The monoisotopic (exact) mass is 830 g/mol. The fourth-order valence-corrected chi connectivity index (χ4v) is 10.2.